The zero-order chi connectivity index (χ0) is 35.4. The van der Waals surface area contributed by atoms with Crippen molar-refractivity contribution in [2.75, 3.05) is 45.8 Å². The lowest BCUT2D eigenvalue weighted by Gasteiger charge is -2.46. The Labute approximate surface area is 296 Å². The van der Waals surface area contributed by atoms with Gasteiger partial charge in [0, 0.05) is 74.9 Å². The van der Waals surface area contributed by atoms with Crippen LogP contribution in [-0.4, -0.2) is 101 Å². The third-order valence-electron chi connectivity index (χ3n) is 11.4. The lowest BCUT2D eigenvalue weighted by molar-refractivity contribution is -0.137. The van der Waals surface area contributed by atoms with Crippen molar-refractivity contribution in [2.24, 2.45) is 5.41 Å². The summed E-state index contributed by atoms with van der Waals surface area (Å²) in [6.45, 7) is 8.13. The summed E-state index contributed by atoms with van der Waals surface area (Å²) in [5.74, 6) is -4.98. The third kappa shape index (κ3) is 7.24. The number of piperidine rings is 2. The first kappa shape index (κ1) is 35.2. The molecule has 268 valence electrons. The maximum absolute atomic E-state index is 15.8. The molecule has 3 saturated heterocycles. The van der Waals surface area contributed by atoms with Crippen LogP contribution in [0.4, 0.5) is 13.2 Å². The van der Waals surface area contributed by atoms with Crippen molar-refractivity contribution >= 4 is 34.9 Å². The molecule has 3 amide bonds. The van der Waals surface area contributed by atoms with Crippen LogP contribution >= 0.6 is 11.6 Å². The normalized spacial score (nSPS) is 26.4. The van der Waals surface area contributed by atoms with E-state index in [0.717, 1.165) is 50.0 Å². The summed E-state index contributed by atoms with van der Waals surface area (Å²) in [5, 5.41) is 2.98. The predicted octanol–water partition coefficient (Wildman–Crippen LogP) is 5.73. The average Bonchev–Trinajstić information content (AvgIpc) is 3.36. The van der Waals surface area contributed by atoms with Gasteiger partial charge in [-0.25, -0.2) is 13.2 Å². The molecular formula is C38H45ClF3N5O3. The smallest absolute Gasteiger partial charge is 0.275 e. The minimum absolute atomic E-state index is 0.00365. The summed E-state index contributed by atoms with van der Waals surface area (Å²) in [5.41, 5.74) is 5.24. The van der Waals surface area contributed by atoms with Gasteiger partial charge in [0.25, 0.3) is 11.8 Å². The van der Waals surface area contributed by atoms with E-state index in [-0.39, 0.29) is 54.8 Å². The molecule has 0 saturated carbocycles. The Balaban J connectivity index is 0.953. The van der Waals surface area contributed by atoms with E-state index in [1.54, 1.807) is 11.0 Å². The van der Waals surface area contributed by atoms with Crippen LogP contribution in [0.5, 0.6) is 0 Å². The number of hydrogen-bond donors (Lipinski definition) is 1. The second-order valence-corrected chi connectivity index (χ2v) is 16.0. The fraction of sp³-hybridized carbons (Fsp3) is 0.553. The minimum Gasteiger partial charge on any atom is -0.322 e. The van der Waals surface area contributed by atoms with Gasteiger partial charge >= 0.3 is 0 Å². The topological polar surface area (TPSA) is 76.2 Å². The van der Waals surface area contributed by atoms with Gasteiger partial charge in [-0.2, -0.15) is 0 Å². The Morgan fingerprint density at radius 2 is 1.66 bits per heavy atom. The van der Waals surface area contributed by atoms with Crippen LogP contribution < -0.4 is 5.32 Å². The molecule has 2 atom stereocenters. The summed E-state index contributed by atoms with van der Waals surface area (Å²) in [7, 11) is 0. The number of carbonyl (C=O) groups is 3. The van der Waals surface area contributed by atoms with Gasteiger partial charge in [-0.05, 0) is 78.5 Å². The van der Waals surface area contributed by atoms with Gasteiger partial charge in [0.05, 0.1) is 12.6 Å². The first-order valence-corrected chi connectivity index (χ1v) is 18.1. The van der Waals surface area contributed by atoms with Gasteiger partial charge in [-0.1, -0.05) is 43.2 Å². The van der Waals surface area contributed by atoms with Crippen molar-refractivity contribution in [2.45, 2.75) is 83.5 Å². The molecule has 7 rings (SSSR count). The molecular weight excluding hydrogens is 667 g/mol. The quantitative estimate of drug-likeness (QED) is 0.370. The highest BCUT2D eigenvalue weighted by Crippen LogP contribution is 2.43. The first-order chi connectivity index (χ1) is 23.8. The van der Waals surface area contributed by atoms with Crippen molar-refractivity contribution in [1.82, 2.24) is 24.9 Å². The average molecular weight is 712 g/mol. The molecule has 1 aliphatic carbocycles. The number of hydrogen-bond acceptors (Lipinski definition) is 6. The van der Waals surface area contributed by atoms with Gasteiger partial charge in [0.1, 0.15) is 11.9 Å². The van der Waals surface area contributed by atoms with Crippen LogP contribution in [0.1, 0.15) is 79.4 Å². The lowest BCUT2D eigenvalue weighted by Crippen LogP contribution is -2.61. The molecule has 2 aromatic carbocycles. The highest BCUT2D eigenvalue weighted by atomic mass is 35.5. The zero-order valence-corrected chi connectivity index (χ0v) is 29.5. The molecule has 0 radical (unpaired) electrons. The number of benzene rings is 2. The van der Waals surface area contributed by atoms with Crippen molar-refractivity contribution in [3.05, 3.63) is 75.1 Å². The van der Waals surface area contributed by atoms with E-state index in [9.17, 15) is 14.4 Å². The molecule has 1 N–H and O–H groups in total. The minimum atomic E-state index is -2.97. The highest BCUT2D eigenvalue weighted by Gasteiger charge is 2.48. The Hall–Kier alpha value is -3.25. The number of alkyl halides is 2. The number of likely N-dealkylation sites (tertiary alicyclic amines) is 1. The molecule has 4 aliphatic heterocycles. The van der Waals surface area contributed by atoms with Gasteiger partial charge in [-0.15, -0.1) is 0 Å². The van der Waals surface area contributed by atoms with Crippen LogP contribution in [0.25, 0.3) is 5.57 Å². The number of rotatable bonds is 7. The maximum Gasteiger partial charge on any atom is 0.275 e. The number of fused-ring (bicyclic) bond motifs is 1. The molecule has 5 aliphatic rings. The van der Waals surface area contributed by atoms with Crippen molar-refractivity contribution in [3.8, 4) is 0 Å². The van der Waals surface area contributed by atoms with Gasteiger partial charge < -0.3 is 4.90 Å². The van der Waals surface area contributed by atoms with Crippen molar-refractivity contribution in [1.29, 1.82) is 0 Å². The fourth-order valence-corrected chi connectivity index (χ4v) is 8.68. The highest BCUT2D eigenvalue weighted by molar-refractivity contribution is 6.30. The summed E-state index contributed by atoms with van der Waals surface area (Å²) in [6, 6.07) is 9.14. The fourth-order valence-electron chi connectivity index (χ4n) is 8.55. The Bertz CT molecular complexity index is 1710. The van der Waals surface area contributed by atoms with Crippen LogP contribution in [-0.2, 0) is 22.7 Å². The van der Waals surface area contributed by atoms with E-state index < -0.39 is 42.2 Å². The number of nitrogens with zero attached hydrogens (tertiary/aromatic N) is 4. The van der Waals surface area contributed by atoms with E-state index in [2.05, 4.69) is 36.2 Å². The number of imide groups is 1. The van der Waals surface area contributed by atoms with E-state index in [4.69, 9.17) is 11.6 Å². The maximum atomic E-state index is 15.8. The van der Waals surface area contributed by atoms with Gasteiger partial charge in [-0.3, -0.25) is 34.4 Å². The van der Waals surface area contributed by atoms with Crippen molar-refractivity contribution in [3.63, 3.8) is 0 Å². The van der Waals surface area contributed by atoms with E-state index >= 15 is 13.2 Å². The van der Waals surface area contributed by atoms with Crippen molar-refractivity contribution < 1.29 is 27.6 Å². The zero-order valence-electron chi connectivity index (χ0n) is 28.8. The molecule has 0 spiro atoms. The molecule has 2 aromatic rings. The molecule has 3 fully saturated rings. The van der Waals surface area contributed by atoms with Crippen LogP contribution in [0.2, 0.25) is 5.02 Å². The lowest BCUT2D eigenvalue weighted by atomic mass is 9.72. The van der Waals surface area contributed by atoms with Gasteiger partial charge in [0.15, 0.2) is 0 Å². The van der Waals surface area contributed by atoms with Gasteiger partial charge in [0.2, 0.25) is 11.8 Å². The summed E-state index contributed by atoms with van der Waals surface area (Å²) in [4.78, 5) is 44.3. The number of nitrogens with one attached hydrogen (secondary N) is 1. The molecule has 4 heterocycles. The monoisotopic (exact) mass is 711 g/mol. The van der Waals surface area contributed by atoms with Crippen LogP contribution in [0, 0.1) is 11.2 Å². The molecule has 12 heteroatoms. The third-order valence-corrected chi connectivity index (χ3v) is 11.6. The number of allylic oxidation sites excluding steroid dienone is 1. The summed E-state index contributed by atoms with van der Waals surface area (Å²) >= 11 is 6.17. The van der Waals surface area contributed by atoms with Crippen LogP contribution in [0.3, 0.4) is 0 Å². The van der Waals surface area contributed by atoms with E-state index in [0.29, 0.717) is 25.2 Å². The second-order valence-electron chi connectivity index (χ2n) is 15.5. The molecule has 0 bridgehead atoms. The Kier molecular flexibility index (Phi) is 9.64. The summed E-state index contributed by atoms with van der Waals surface area (Å²) in [6.07, 6.45) is 3.77. The van der Waals surface area contributed by atoms with E-state index in [1.165, 1.54) is 21.6 Å². The molecule has 8 nitrogen and oxygen atoms in total. The number of amides is 3. The van der Waals surface area contributed by atoms with Crippen LogP contribution in [0.15, 0.2) is 42.0 Å². The number of piperazine rings is 1. The predicted molar refractivity (Wildman–Crippen MR) is 185 cm³/mol. The Morgan fingerprint density at radius 3 is 2.36 bits per heavy atom. The largest absolute Gasteiger partial charge is 0.322 e. The number of halogens is 4. The number of carbonyl (C=O) groups excluding carboxylic acids is 3. The molecule has 2 unspecified atom stereocenters. The Morgan fingerprint density at radius 1 is 0.920 bits per heavy atom. The second kappa shape index (κ2) is 13.7. The summed E-state index contributed by atoms with van der Waals surface area (Å²) < 4.78 is 46.9. The molecule has 0 aromatic heterocycles. The SMILES string of the molecule is CC1(C)CCC(CN2CCN(C3CCN(Cc4cc5c(cc4F)C(=O)N(C4CCC(=O)NC4=O)C5)CC3(F)F)CC2)=C(c2ccc(Cl)cc2)C1. The molecule has 50 heavy (non-hydrogen) atoms. The van der Waals surface area contributed by atoms with E-state index in [1.807, 2.05) is 17.0 Å². The first-order valence-electron chi connectivity index (χ1n) is 17.8. The standard InChI is InChI=1S/C38H45ClF3N5O3/c1-37(2)11-9-25(30(19-37)24-3-5-28(39)6-4-24)20-44-13-15-46(16-14-44)33-10-12-45(23-38(33,41)42)21-27-17-26-22-47(36(50)29(26)18-31(27)40)32-7-8-34(48)43-35(32)49/h3-6,17-18,32-33H,7-16,19-23H2,1-2H3,(H,43,48,49).